The van der Waals surface area contributed by atoms with Crippen molar-refractivity contribution in [2.24, 2.45) is 22.9 Å². The average Bonchev–Trinajstić information content (AvgIpc) is 3.14. The quantitative estimate of drug-likeness (QED) is 0.128. The van der Waals surface area contributed by atoms with E-state index in [2.05, 4.69) is 10.5 Å². The van der Waals surface area contributed by atoms with E-state index in [1.54, 1.807) is 62.3 Å². The molecule has 3 saturated heterocycles. The number of rotatable bonds is 9. The molecule has 0 aromatic heterocycles. The first kappa shape index (κ1) is 51.3. The van der Waals surface area contributed by atoms with Crippen molar-refractivity contribution < 1.29 is 63.2 Å². The summed E-state index contributed by atoms with van der Waals surface area (Å²) in [6, 6.07) is -0.863. The number of ether oxygens (including phenoxy) is 7. The van der Waals surface area contributed by atoms with Crippen LogP contribution in [0.2, 0.25) is 0 Å². The summed E-state index contributed by atoms with van der Waals surface area (Å²) in [5, 5.41) is 51.6. The highest BCUT2D eigenvalue weighted by atomic mass is 16.7. The molecule has 0 bridgehead atoms. The lowest BCUT2D eigenvalue weighted by molar-refractivity contribution is -0.317. The van der Waals surface area contributed by atoms with Gasteiger partial charge >= 0.3 is 12.1 Å². The SMILES string of the molecule is CC[C@H]1OC(=O)[C@H](C)[C@@H](O[C@H]2C[C@@](C)(OC)C(OC(=O)NN=C(C)C)[C@H](C)O2)[C@H](C)[C@@H](O[C@@H]2O[C@H](C)C[C@H](N(C)C)[C@H]2O)[C@](C)(O)C[C@@H](C)CN(C)[C@H](C)[C@@H](O)[C@]1(C)O. The minimum Gasteiger partial charge on any atom is -0.459 e. The molecule has 0 aliphatic carbocycles. The van der Waals surface area contributed by atoms with Gasteiger partial charge in [-0.25, -0.2) is 10.2 Å². The van der Waals surface area contributed by atoms with Crippen LogP contribution in [0.5, 0.6) is 0 Å². The molecule has 3 heterocycles. The van der Waals surface area contributed by atoms with Crippen LogP contribution in [0.1, 0.15) is 109 Å². The zero-order valence-electron chi connectivity index (χ0n) is 38.5. The number of hydrogen-bond donors (Lipinski definition) is 5. The van der Waals surface area contributed by atoms with Crippen LogP contribution in [0.3, 0.4) is 0 Å². The fraction of sp³-hybridized carbons (Fsp3) is 0.929. The Balaban J connectivity index is 2.16. The summed E-state index contributed by atoms with van der Waals surface area (Å²) in [5.41, 5.74) is -1.58. The number of aliphatic hydroxyl groups excluding tert-OH is 2. The van der Waals surface area contributed by atoms with Crippen molar-refractivity contribution in [3.8, 4) is 0 Å². The molecule has 0 aromatic carbocycles. The van der Waals surface area contributed by atoms with Gasteiger partial charge in [-0.2, -0.15) is 5.10 Å². The van der Waals surface area contributed by atoms with E-state index in [-0.39, 0.29) is 37.3 Å². The molecule has 59 heavy (non-hydrogen) atoms. The zero-order valence-corrected chi connectivity index (χ0v) is 38.5. The molecule has 0 spiro atoms. The van der Waals surface area contributed by atoms with Crippen LogP contribution < -0.4 is 5.43 Å². The summed E-state index contributed by atoms with van der Waals surface area (Å²) in [6.07, 6.45) is -9.54. The highest BCUT2D eigenvalue weighted by Gasteiger charge is 2.53. The van der Waals surface area contributed by atoms with Gasteiger partial charge in [-0.15, -0.1) is 0 Å². The molecular weight excluding hydrogens is 768 g/mol. The first-order valence-electron chi connectivity index (χ1n) is 21.2. The lowest BCUT2D eigenvalue weighted by Gasteiger charge is -2.49. The van der Waals surface area contributed by atoms with E-state index in [1.807, 2.05) is 44.8 Å². The third-order valence-corrected chi connectivity index (χ3v) is 12.8. The number of aliphatic hydroxyl groups is 4. The number of carbonyl (C=O) groups is 2. The van der Waals surface area contributed by atoms with Gasteiger partial charge in [0.1, 0.15) is 29.5 Å². The van der Waals surface area contributed by atoms with E-state index in [0.29, 0.717) is 18.7 Å². The van der Waals surface area contributed by atoms with E-state index in [0.717, 1.165) is 0 Å². The minimum absolute atomic E-state index is 0.0565. The normalized spacial score (nSPS) is 44.8. The number of hydrogen-bond acceptors (Lipinski definition) is 16. The third-order valence-electron chi connectivity index (χ3n) is 12.8. The predicted molar refractivity (Wildman–Crippen MR) is 220 cm³/mol. The molecule has 3 rings (SSSR count). The molecule has 17 nitrogen and oxygen atoms in total. The zero-order chi connectivity index (χ0) is 44.9. The second kappa shape index (κ2) is 20.9. The highest BCUT2D eigenvalue weighted by molar-refractivity contribution is 5.80. The molecule has 3 aliphatic rings. The third kappa shape index (κ3) is 12.6. The minimum atomic E-state index is -1.83. The Bertz CT molecular complexity index is 1400. The van der Waals surface area contributed by atoms with Crippen molar-refractivity contribution in [1.29, 1.82) is 0 Å². The smallest absolute Gasteiger partial charge is 0.428 e. The lowest BCUT2D eigenvalue weighted by atomic mass is 9.77. The molecule has 5 N–H and O–H groups in total. The number of methoxy groups -OCH3 is 1. The van der Waals surface area contributed by atoms with Gasteiger partial charge in [0.05, 0.1) is 35.9 Å². The van der Waals surface area contributed by atoms with Gasteiger partial charge in [-0.05, 0) is 109 Å². The Morgan fingerprint density at radius 1 is 1.00 bits per heavy atom. The van der Waals surface area contributed by atoms with Gasteiger partial charge < -0.3 is 63.4 Å². The lowest BCUT2D eigenvalue weighted by Crippen LogP contribution is -2.61. The van der Waals surface area contributed by atoms with Gasteiger partial charge in [0.25, 0.3) is 0 Å². The van der Waals surface area contributed by atoms with Crippen molar-refractivity contribution >= 4 is 17.8 Å². The van der Waals surface area contributed by atoms with Crippen molar-refractivity contribution in [3.63, 3.8) is 0 Å². The molecular formula is C42H78N4O13. The van der Waals surface area contributed by atoms with Crippen molar-refractivity contribution in [2.75, 3.05) is 34.8 Å². The second-order valence-corrected chi connectivity index (χ2v) is 18.7. The first-order chi connectivity index (χ1) is 27.2. The summed E-state index contributed by atoms with van der Waals surface area (Å²) in [5.74, 6) is -2.76. The number of hydrazone groups is 1. The van der Waals surface area contributed by atoms with Crippen LogP contribution >= 0.6 is 0 Å². The maximum Gasteiger partial charge on any atom is 0.428 e. The molecule has 18 atom stereocenters. The topological polar surface area (TPSA) is 211 Å². The van der Waals surface area contributed by atoms with Crippen molar-refractivity contribution in [2.45, 2.75) is 199 Å². The second-order valence-electron chi connectivity index (χ2n) is 18.7. The van der Waals surface area contributed by atoms with E-state index >= 15 is 0 Å². The maximum absolute atomic E-state index is 14.4. The largest absolute Gasteiger partial charge is 0.459 e. The van der Waals surface area contributed by atoms with Crippen LogP contribution in [0, 0.1) is 17.8 Å². The molecule has 3 fully saturated rings. The fourth-order valence-corrected chi connectivity index (χ4v) is 9.24. The summed E-state index contributed by atoms with van der Waals surface area (Å²) < 4.78 is 44.0. The summed E-state index contributed by atoms with van der Waals surface area (Å²) in [7, 11) is 7.08. The van der Waals surface area contributed by atoms with Crippen LogP contribution in [0.25, 0.3) is 0 Å². The van der Waals surface area contributed by atoms with Crippen molar-refractivity contribution in [1.82, 2.24) is 15.2 Å². The molecule has 1 amide bonds. The van der Waals surface area contributed by atoms with Crippen LogP contribution in [-0.2, 0) is 38.0 Å². The number of nitrogens with zero attached hydrogens (tertiary/aromatic N) is 3. The Hall–Kier alpha value is -2.03. The van der Waals surface area contributed by atoms with Gasteiger partial charge in [0, 0.05) is 43.8 Å². The number of amides is 1. The van der Waals surface area contributed by atoms with Gasteiger partial charge in [-0.1, -0.05) is 20.8 Å². The fourth-order valence-electron chi connectivity index (χ4n) is 9.24. The Kier molecular flexibility index (Phi) is 18.2. The number of nitrogens with one attached hydrogen (secondary N) is 1. The van der Waals surface area contributed by atoms with Crippen molar-refractivity contribution in [3.05, 3.63) is 0 Å². The molecule has 3 aliphatic heterocycles. The standard InChI is InChI=1S/C42H78N4O13/c1-17-30-42(12,52)34(48)27(8)46(15)21-23(4)19-40(10,51)35(58-38-32(47)29(45(13)14)18-24(5)54-38)25(6)33(26(7)37(49)56-30)57-31-20-41(11,53-16)36(28(9)55-31)59-39(50)44-43-22(2)3/h23-36,38,47-48,51-52H,17-21H2,1-16H3,(H,44,50)/t23-,24-,25+,26-,27-,28+,29+,30-,31+,32-,33+,34-,35-,36?,38+,40-,41-,42-/m1/s1. The molecule has 0 saturated carbocycles. The van der Waals surface area contributed by atoms with Gasteiger partial charge in [0.15, 0.2) is 18.7 Å². The summed E-state index contributed by atoms with van der Waals surface area (Å²) >= 11 is 0. The number of esters is 1. The maximum atomic E-state index is 14.4. The number of cyclic esters (lactones) is 1. The summed E-state index contributed by atoms with van der Waals surface area (Å²) in [4.78, 5) is 31.0. The highest BCUT2D eigenvalue weighted by Crippen LogP contribution is 2.41. The Morgan fingerprint density at radius 2 is 1.63 bits per heavy atom. The van der Waals surface area contributed by atoms with Crippen LogP contribution in [0.4, 0.5) is 4.79 Å². The van der Waals surface area contributed by atoms with Crippen LogP contribution in [0.15, 0.2) is 5.10 Å². The first-order valence-corrected chi connectivity index (χ1v) is 21.2. The van der Waals surface area contributed by atoms with E-state index < -0.39 is 102 Å². The van der Waals surface area contributed by atoms with E-state index in [4.69, 9.17) is 33.2 Å². The van der Waals surface area contributed by atoms with E-state index in [9.17, 15) is 30.0 Å². The molecule has 344 valence electrons. The molecule has 17 heteroatoms. The average molecular weight is 847 g/mol. The van der Waals surface area contributed by atoms with E-state index in [1.165, 1.54) is 14.0 Å². The molecule has 0 aromatic rings. The monoisotopic (exact) mass is 847 g/mol. The van der Waals surface area contributed by atoms with Gasteiger partial charge in [-0.3, -0.25) is 4.79 Å². The molecule has 0 radical (unpaired) electrons. The predicted octanol–water partition coefficient (Wildman–Crippen LogP) is 3.03. The van der Waals surface area contributed by atoms with Gasteiger partial charge in [0.2, 0.25) is 0 Å². The number of likely N-dealkylation sites (N-methyl/N-ethyl adjacent to an activating group) is 2. The Labute approximate surface area is 352 Å². The van der Waals surface area contributed by atoms with Crippen LogP contribution in [-0.4, -0.2) is 173 Å². The Morgan fingerprint density at radius 3 is 2.19 bits per heavy atom. The summed E-state index contributed by atoms with van der Waals surface area (Å²) in [6.45, 7) is 21.4. The number of carbonyl (C=O) groups excluding carboxylic acids is 2. The molecule has 1 unspecified atom stereocenters.